The molecule has 1 rings (SSSR count). The Bertz CT molecular complexity index is 368. The summed E-state index contributed by atoms with van der Waals surface area (Å²) in [5.74, 6) is -2.30. The van der Waals surface area contributed by atoms with Crippen LogP contribution in [0.4, 0.5) is 8.78 Å². The van der Waals surface area contributed by atoms with Gasteiger partial charge in [-0.15, -0.1) is 0 Å². The first-order chi connectivity index (χ1) is 7.06. The quantitative estimate of drug-likeness (QED) is 0.778. The fourth-order valence-electron chi connectivity index (χ4n) is 1.11. The van der Waals surface area contributed by atoms with Crippen LogP contribution >= 0.6 is 0 Å². The lowest BCUT2D eigenvalue weighted by Gasteiger charge is -2.11. The molecule has 5 heteroatoms. The molecular weight excluding hydrogens is 204 g/mol. The summed E-state index contributed by atoms with van der Waals surface area (Å²) < 4.78 is 30.4. The largest absolute Gasteiger partial charge is 0.465 e. The van der Waals surface area contributed by atoms with Crippen LogP contribution < -0.4 is 5.73 Å². The van der Waals surface area contributed by atoms with E-state index in [4.69, 9.17) is 5.73 Å². The Labute approximate surface area is 85.8 Å². The maximum absolute atomic E-state index is 13.2. The molecule has 0 aliphatic heterocycles. The number of benzene rings is 1. The van der Waals surface area contributed by atoms with E-state index in [1.165, 1.54) is 0 Å². The number of nitrogens with two attached hydrogens (primary N) is 1. The van der Waals surface area contributed by atoms with Crippen LogP contribution in [0.15, 0.2) is 18.2 Å². The van der Waals surface area contributed by atoms with E-state index < -0.39 is 23.6 Å². The fraction of sp³-hybridized carbons (Fsp3) is 0.300. The summed E-state index contributed by atoms with van der Waals surface area (Å²) in [4.78, 5) is 11.2. The normalized spacial score (nSPS) is 12.3. The van der Waals surface area contributed by atoms with Crippen molar-refractivity contribution in [3.05, 3.63) is 35.4 Å². The Morgan fingerprint density at radius 2 is 2.20 bits per heavy atom. The maximum atomic E-state index is 13.2. The molecule has 0 bridgehead atoms. The molecule has 0 aromatic heterocycles. The van der Waals surface area contributed by atoms with E-state index in [9.17, 15) is 13.6 Å². The molecule has 0 saturated heterocycles. The molecule has 0 saturated carbocycles. The zero-order chi connectivity index (χ0) is 11.4. The number of rotatable bonds is 3. The minimum atomic E-state index is -1.22. The minimum absolute atomic E-state index is 0.0742. The second kappa shape index (κ2) is 4.84. The Morgan fingerprint density at radius 1 is 1.53 bits per heavy atom. The van der Waals surface area contributed by atoms with E-state index in [-0.39, 0.29) is 12.2 Å². The molecule has 0 aliphatic carbocycles. The average Bonchev–Trinajstić information content (AvgIpc) is 2.17. The standard InChI is InChI=1S/C10H11F2NO2/c1-2-15-10(14)9(13)7-4-3-6(11)5-8(7)12/h3-5,9H,2,13H2,1H3. The predicted octanol–water partition coefficient (Wildman–Crippen LogP) is 1.53. The van der Waals surface area contributed by atoms with Crippen molar-refractivity contribution in [1.82, 2.24) is 0 Å². The van der Waals surface area contributed by atoms with Crippen molar-refractivity contribution in [3.8, 4) is 0 Å². The maximum Gasteiger partial charge on any atom is 0.327 e. The lowest BCUT2D eigenvalue weighted by molar-refractivity contribution is -0.144. The zero-order valence-electron chi connectivity index (χ0n) is 8.17. The molecule has 0 heterocycles. The van der Waals surface area contributed by atoms with Crippen LogP contribution in [0.1, 0.15) is 18.5 Å². The predicted molar refractivity (Wildman–Crippen MR) is 49.9 cm³/mol. The molecule has 0 amide bonds. The van der Waals surface area contributed by atoms with E-state index in [1.54, 1.807) is 6.92 Å². The van der Waals surface area contributed by atoms with E-state index in [0.29, 0.717) is 6.07 Å². The lowest BCUT2D eigenvalue weighted by Crippen LogP contribution is -2.24. The third kappa shape index (κ3) is 2.73. The highest BCUT2D eigenvalue weighted by Gasteiger charge is 2.20. The van der Waals surface area contributed by atoms with Crippen molar-refractivity contribution in [2.75, 3.05) is 6.61 Å². The molecule has 1 aromatic rings. The summed E-state index contributed by atoms with van der Waals surface area (Å²) in [6.07, 6.45) is 0. The number of esters is 1. The Hall–Kier alpha value is -1.49. The van der Waals surface area contributed by atoms with Gasteiger partial charge in [-0.25, -0.2) is 13.6 Å². The van der Waals surface area contributed by atoms with Crippen molar-refractivity contribution in [3.63, 3.8) is 0 Å². The summed E-state index contributed by atoms with van der Waals surface area (Å²) in [6.45, 7) is 1.78. The van der Waals surface area contributed by atoms with Crippen LogP contribution in [0.2, 0.25) is 0 Å². The van der Waals surface area contributed by atoms with Crippen molar-refractivity contribution >= 4 is 5.97 Å². The number of hydrogen-bond acceptors (Lipinski definition) is 3. The first-order valence-electron chi connectivity index (χ1n) is 4.43. The highest BCUT2D eigenvalue weighted by Crippen LogP contribution is 2.17. The number of hydrogen-bond donors (Lipinski definition) is 1. The van der Waals surface area contributed by atoms with Gasteiger partial charge in [0.1, 0.15) is 17.7 Å². The van der Waals surface area contributed by atoms with Gasteiger partial charge in [-0.2, -0.15) is 0 Å². The second-order valence-electron chi connectivity index (χ2n) is 2.90. The van der Waals surface area contributed by atoms with E-state index >= 15 is 0 Å². The Morgan fingerprint density at radius 3 is 2.73 bits per heavy atom. The van der Waals surface area contributed by atoms with Gasteiger partial charge in [0.2, 0.25) is 0 Å². The summed E-state index contributed by atoms with van der Waals surface area (Å²) >= 11 is 0. The van der Waals surface area contributed by atoms with Crippen molar-refractivity contribution in [2.45, 2.75) is 13.0 Å². The summed E-state index contributed by atoms with van der Waals surface area (Å²) in [5.41, 5.74) is 5.36. The van der Waals surface area contributed by atoms with Crippen molar-refractivity contribution < 1.29 is 18.3 Å². The van der Waals surface area contributed by atoms with Crippen LogP contribution in [0.3, 0.4) is 0 Å². The molecule has 1 aromatic carbocycles. The van der Waals surface area contributed by atoms with Gasteiger partial charge in [-0.1, -0.05) is 6.07 Å². The number of ether oxygens (including phenoxy) is 1. The molecule has 1 unspecified atom stereocenters. The number of halogens is 2. The smallest absolute Gasteiger partial charge is 0.327 e. The summed E-state index contributed by atoms with van der Waals surface area (Å²) in [5, 5.41) is 0. The first kappa shape index (κ1) is 11.6. The lowest BCUT2D eigenvalue weighted by atomic mass is 10.1. The van der Waals surface area contributed by atoms with Gasteiger partial charge in [0.15, 0.2) is 0 Å². The zero-order valence-corrected chi connectivity index (χ0v) is 8.17. The van der Waals surface area contributed by atoms with Gasteiger partial charge in [-0.05, 0) is 13.0 Å². The van der Waals surface area contributed by atoms with Crippen LogP contribution in [0.25, 0.3) is 0 Å². The van der Waals surface area contributed by atoms with Gasteiger partial charge in [0.25, 0.3) is 0 Å². The summed E-state index contributed by atoms with van der Waals surface area (Å²) in [7, 11) is 0. The molecule has 15 heavy (non-hydrogen) atoms. The average molecular weight is 215 g/mol. The molecule has 3 nitrogen and oxygen atoms in total. The molecule has 0 spiro atoms. The van der Waals surface area contributed by atoms with Gasteiger partial charge in [0.05, 0.1) is 6.61 Å². The third-order valence-corrected chi connectivity index (χ3v) is 1.84. The highest BCUT2D eigenvalue weighted by atomic mass is 19.1. The monoisotopic (exact) mass is 215 g/mol. The Balaban J connectivity index is 2.91. The topological polar surface area (TPSA) is 52.3 Å². The summed E-state index contributed by atoms with van der Waals surface area (Å²) in [6, 6.07) is 1.63. The number of carbonyl (C=O) groups is 1. The third-order valence-electron chi connectivity index (χ3n) is 1.84. The first-order valence-corrected chi connectivity index (χ1v) is 4.43. The molecule has 2 N–H and O–H groups in total. The van der Waals surface area contributed by atoms with Crippen LogP contribution in [0.5, 0.6) is 0 Å². The molecule has 0 radical (unpaired) electrons. The van der Waals surface area contributed by atoms with Crippen molar-refractivity contribution in [2.24, 2.45) is 5.73 Å². The van der Waals surface area contributed by atoms with Crippen LogP contribution in [-0.4, -0.2) is 12.6 Å². The van der Waals surface area contributed by atoms with E-state index in [1.807, 2.05) is 0 Å². The molecule has 1 atom stereocenters. The Kier molecular flexibility index (Phi) is 3.74. The van der Waals surface area contributed by atoms with Crippen molar-refractivity contribution in [1.29, 1.82) is 0 Å². The number of carbonyl (C=O) groups excluding carboxylic acids is 1. The van der Waals surface area contributed by atoms with E-state index in [0.717, 1.165) is 12.1 Å². The fourth-order valence-corrected chi connectivity index (χ4v) is 1.11. The van der Waals surface area contributed by atoms with Gasteiger partial charge in [-0.3, -0.25) is 0 Å². The minimum Gasteiger partial charge on any atom is -0.465 e. The highest BCUT2D eigenvalue weighted by molar-refractivity contribution is 5.77. The SMILES string of the molecule is CCOC(=O)C(N)c1ccc(F)cc1F. The molecule has 0 aliphatic rings. The van der Waals surface area contributed by atoms with Crippen LogP contribution in [-0.2, 0) is 9.53 Å². The van der Waals surface area contributed by atoms with Crippen LogP contribution in [0, 0.1) is 11.6 Å². The van der Waals surface area contributed by atoms with E-state index in [2.05, 4.69) is 4.74 Å². The van der Waals surface area contributed by atoms with Gasteiger partial charge in [0, 0.05) is 11.6 Å². The molecule has 82 valence electrons. The van der Waals surface area contributed by atoms with Gasteiger partial charge < -0.3 is 10.5 Å². The van der Waals surface area contributed by atoms with Gasteiger partial charge >= 0.3 is 5.97 Å². The molecular formula is C10H11F2NO2. The molecule has 0 fully saturated rings. The second-order valence-corrected chi connectivity index (χ2v) is 2.90.